The lowest BCUT2D eigenvalue weighted by Gasteiger charge is -2.20. The number of amidine groups is 2. The molecular weight excluding hydrogens is 504 g/mol. The molecule has 0 aliphatic carbocycles. The van der Waals surface area contributed by atoms with Gasteiger partial charge in [-0.25, -0.2) is 8.42 Å². The maximum atomic E-state index is 12.4. The first-order valence-electron chi connectivity index (χ1n) is 8.89. The molecule has 158 valence electrons. The highest BCUT2D eigenvalue weighted by molar-refractivity contribution is 9.10. The predicted molar refractivity (Wildman–Crippen MR) is 125 cm³/mol. The van der Waals surface area contributed by atoms with Crippen LogP contribution in [0.4, 0.5) is 0 Å². The smallest absolute Gasteiger partial charge is 0.283 e. The molecule has 11 heteroatoms. The Kier molecular flexibility index (Phi) is 5.82. The number of carbonyl (C=O) groups is 1. The number of aliphatic imine (C=N–C) groups is 1. The van der Waals surface area contributed by atoms with Gasteiger partial charge in [0.05, 0.1) is 10.0 Å². The second-order valence-electron chi connectivity index (χ2n) is 6.62. The number of thioether (sulfide) groups is 1. The number of hydrogen-bond acceptors (Lipinski definition) is 7. The fourth-order valence-corrected chi connectivity index (χ4v) is 4.95. The van der Waals surface area contributed by atoms with E-state index in [9.17, 15) is 13.2 Å². The van der Waals surface area contributed by atoms with Gasteiger partial charge in [-0.15, -0.1) is 5.10 Å². The third-order valence-electron chi connectivity index (χ3n) is 4.26. The molecule has 2 aromatic carbocycles. The maximum absolute atomic E-state index is 12.4. The van der Waals surface area contributed by atoms with Crippen molar-refractivity contribution in [3.05, 3.63) is 69.7 Å². The van der Waals surface area contributed by atoms with Crippen molar-refractivity contribution in [2.24, 2.45) is 10.1 Å². The van der Waals surface area contributed by atoms with Gasteiger partial charge in [0, 0.05) is 6.26 Å². The number of nitrogens with zero attached hydrogens (tertiary/aromatic N) is 3. The van der Waals surface area contributed by atoms with Crippen molar-refractivity contribution in [1.82, 2.24) is 5.01 Å². The van der Waals surface area contributed by atoms with E-state index in [1.54, 1.807) is 18.2 Å². The van der Waals surface area contributed by atoms with E-state index in [0.29, 0.717) is 22.4 Å². The molecule has 1 amide bonds. The quantitative estimate of drug-likeness (QED) is 0.618. The van der Waals surface area contributed by atoms with Crippen LogP contribution in [-0.2, 0) is 21.2 Å². The molecule has 4 rings (SSSR count). The summed E-state index contributed by atoms with van der Waals surface area (Å²) in [7, 11) is -3.57. The lowest BCUT2D eigenvalue weighted by molar-refractivity contribution is -0.114. The Morgan fingerprint density at radius 1 is 1.23 bits per heavy atom. The summed E-state index contributed by atoms with van der Waals surface area (Å²) in [6, 6.07) is 15.0. The molecule has 2 aliphatic rings. The van der Waals surface area contributed by atoms with E-state index in [0.717, 1.165) is 28.6 Å². The van der Waals surface area contributed by atoms with Gasteiger partial charge in [0.15, 0.2) is 5.84 Å². The summed E-state index contributed by atoms with van der Waals surface area (Å²) in [4.78, 5) is 16.3. The predicted octanol–water partition coefficient (Wildman–Crippen LogP) is 3.65. The van der Waals surface area contributed by atoms with Crippen LogP contribution in [0.5, 0.6) is 5.75 Å². The van der Waals surface area contributed by atoms with E-state index in [-0.39, 0.29) is 21.0 Å². The molecule has 0 bridgehead atoms. The fraction of sp³-hybridized carbons (Fsp3) is 0.100. The van der Waals surface area contributed by atoms with Crippen LogP contribution in [0, 0.1) is 5.41 Å². The minimum absolute atomic E-state index is 0.00713. The van der Waals surface area contributed by atoms with Crippen LogP contribution >= 0.6 is 27.7 Å². The molecule has 0 unspecified atom stereocenters. The zero-order valence-corrected chi connectivity index (χ0v) is 19.3. The molecule has 0 saturated heterocycles. The van der Waals surface area contributed by atoms with Gasteiger partial charge in [0.25, 0.3) is 5.91 Å². The van der Waals surface area contributed by atoms with Crippen molar-refractivity contribution in [2.45, 2.75) is 6.61 Å². The van der Waals surface area contributed by atoms with E-state index in [2.05, 4.69) is 26.0 Å². The monoisotopic (exact) mass is 518 g/mol. The van der Waals surface area contributed by atoms with Gasteiger partial charge in [-0.3, -0.25) is 10.2 Å². The number of hydrazone groups is 1. The van der Waals surface area contributed by atoms with Crippen LogP contribution in [0.25, 0.3) is 6.08 Å². The highest BCUT2D eigenvalue weighted by atomic mass is 79.9. The van der Waals surface area contributed by atoms with Gasteiger partial charge in [-0.1, -0.05) is 36.4 Å². The molecule has 31 heavy (non-hydrogen) atoms. The zero-order valence-electron chi connectivity index (χ0n) is 16.1. The van der Waals surface area contributed by atoms with Crippen LogP contribution < -0.4 is 4.74 Å². The van der Waals surface area contributed by atoms with E-state index in [1.807, 2.05) is 30.3 Å². The van der Waals surface area contributed by atoms with Crippen molar-refractivity contribution in [2.75, 3.05) is 6.26 Å². The van der Waals surface area contributed by atoms with Crippen LogP contribution in [0.15, 0.2) is 68.7 Å². The third-order valence-corrected chi connectivity index (χ3v) is 7.45. The molecule has 0 saturated carbocycles. The van der Waals surface area contributed by atoms with Crippen LogP contribution in [0.1, 0.15) is 11.1 Å². The molecule has 0 spiro atoms. The Labute approximate surface area is 191 Å². The number of halogens is 1. The van der Waals surface area contributed by atoms with Crippen molar-refractivity contribution in [3.63, 3.8) is 0 Å². The topological polar surface area (TPSA) is 112 Å². The molecule has 1 N–H and O–H groups in total. The lowest BCUT2D eigenvalue weighted by atomic mass is 10.1. The summed E-state index contributed by atoms with van der Waals surface area (Å²) in [5, 5.41) is 13.3. The second kappa shape index (κ2) is 8.40. The summed E-state index contributed by atoms with van der Waals surface area (Å²) in [6.45, 7) is 0.411. The first kappa shape index (κ1) is 21.5. The number of amides is 1. The number of carbonyl (C=O) groups excluding carboxylic acids is 1. The first-order valence-corrected chi connectivity index (χ1v) is 12.4. The molecule has 0 radical (unpaired) electrons. The summed E-state index contributed by atoms with van der Waals surface area (Å²) >= 11 is 4.22. The number of rotatable bonds is 4. The molecule has 8 nitrogen and oxygen atoms in total. The number of hydrogen-bond donors (Lipinski definition) is 1. The number of sulfone groups is 1. The van der Waals surface area contributed by atoms with Gasteiger partial charge >= 0.3 is 0 Å². The summed E-state index contributed by atoms with van der Waals surface area (Å²) in [5.41, 5.74) is 1.69. The standard InChI is InChI=1S/C20H15BrN4O4S2/c1-31(27,28)20-24-25-17(22)14(18(26)23-19(25)30-20)9-13-7-8-16(15(21)10-13)29-11-12-5-3-2-4-6-12/h2-10,22H,11H2,1H3/b14-9+,22-17?. The fourth-order valence-electron chi connectivity index (χ4n) is 2.75. The second-order valence-corrected chi connectivity index (χ2v) is 10.6. The summed E-state index contributed by atoms with van der Waals surface area (Å²) in [6.07, 6.45) is 2.52. The zero-order chi connectivity index (χ0) is 22.2. The van der Waals surface area contributed by atoms with E-state index in [1.165, 1.54) is 6.08 Å². The third kappa shape index (κ3) is 4.63. The van der Waals surface area contributed by atoms with Crippen LogP contribution in [-0.4, -0.2) is 41.0 Å². The summed E-state index contributed by atoms with van der Waals surface area (Å²) < 4.78 is 29.8. The molecular formula is C20H15BrN4O4S2. The van der Waals surface area contributed by atoms with Gasteiger partial charge in [0.2, 0.25) is 19.4 Å². The van der Waals surface area contributed by atoms with Crippen LogP contribution in [0.3, 0.4) is 0 Å². The largest absolute Gasteiger partial charge is 0.488 e. The highest BCUT2D eigenvalue weighted by Crippen LogP contribution is 2.31. The number of fused-ring (bicyclic) bond motifs is 1. The van der Waals surface area contributed by atoms with E-state index in [4.69, 9.17) is 10.1 Å². The van der Waals surface area contributed by atoms with Crippen LogP contribution in [0.2, 0.25) is 0 Å². The Hall–Kier alpha value is -2.76. The van der Waals surface area contributed by atoms with Crippen molar-refractivity contribution < 1.29 is 17.9 Å². The molecule has 0 atom stereocenters. The number of nitrogens with one attached hydrogen (secondary N) is 1. The van der Waals surface area contributed by atoms with E-state index < -0.39 is 15.7 Å². The molecule has 2 heterocycles. The van der Waals surface area contributed by atoms with Gasteiger partial charge in [-0.2, -0.15) is 10.0 Å². The number of ether oxygens (including phenoxy) is 1. The van der Waals surface area contributed by atoms with Gasteiger partial charge in [-0.05, 0) is 57.0 Å². The normalized spacial score (nSPS) is 17.5. The minimum atomic E-state index is -3.57. The maximum Gasteiger partial charge on any atom is 0.283 e. The van der Waals surface area contributed by atoms with Gasteiger partial charge < -0.3 is 4.74 Å². The lowest BCUT2D eigenvalue weighted by Crippen LogP contribution is -2.35. The highest BCUT2D eigenvalue weighted by Gasteiger charge is 2.38. The van der Waals surface area contributed by atoms with Crippen molar-refractivity contribution >= 4 is 64.9 Å². The molecule has 0 aromatic heterocycles. The van der Waals surface area contributed by atoms with Gasteiger partial charge in [0.1, 0.15) is 12.4 Å². The Bertz CT molecular complexity index is 1290. The first-order chi connectivity index (χ1) is 14.7. The minimum Gasteiger partial charge on any atom is -0.488 e. The number of benzene rings is 2. The molecule has 2 aromatic rings. The molecule has 2 aliphatic heterocycles. The Morgan fingerprint density at radius 2 is 1.97 bits per heavy atom. The van der Waals surface area contributed by atoms with Crippen molar-refractivity contribution in [1.29, 1.82) is 5.41 Å². The average molecular weight is 519 g/mol. The Balaban J connectivity index is 1.56. The van der Waals surface area contributed by atoms with E-state index >= 15 is 0 Å². The molecule has 0 fully saturated rings. The SMILES string of the molecule is CS(=O)(=O)C1=NN2C(=N)/C(=C\c3ccc(OCc4ccccc4)c(Br)c3)C(=O)N=C2S1. The average Bonchev–Trinajstić information content (AvgIpc) is 3.16. The summed E-state index contributed by atoms with van der Waals surface area (Å²) in [5.74, 6) is -0.231. The van der Waals surface area contributed by atoms with Crippen molar-refractivity contribution in [3.8, 4) is 5.75 Å². The Morgan fingerprint density at radius 3 is 2.65 bits per heavy atom.